The first-order chi connectivity index (χ1) is 5.27. The van der Waals surface area contributed by atoms with Crippen molar-refractivity contribution in [3.8, 4) is 0 Å². The van der Waals surface area contributed by atoms with E-state index in [0.29, 0.717) is 12.5 Å². The average molecular weight is 154 g/mol. The lowest BCUT2D eigenvalue weighted by Crippen LogP contribution is -2.09. The van der Waals surface area contributed by atoms with E-state index in [1.54, 1.807) is 0 Å². The molecule has 0 bridgehead atoms. The van der Waals surface area contributed by atoms with Gasteiger partial charge in [0.2, 0.25) is 0 Å². The maximum atomic E-state index is 5.48. The summed E-state index contributed by atoms with van der Waals surface area (Å²) in [6, 6.07) is 0. The van der Waals surface area contributed by atoms with E-state index in [9.17, 15) is 0 Å². The zero-order valence-electron chi connectivity index (χ0n) is 6.99. The van der Waals surface area contributed by atoms with E-state index in [0.717, 1.165) is 12.2 Å². The molecule has 0 fully saturated rings. The minimum Gasteiger partial charge on any atom is -0.330 e. The molecule has 0 aliphatic heterocycles. The second-order valence-electron chi connectivity index (χ2n) is 2.64. The smallest absolute Gasteiger partial charge is 0.0867 e. The van der Waals surface area contributed by atoms with Gasteiger partial charge in [0.25, 0.3) is 0 Å². The summed E-state index contributed by atoms with van der Waals surface area (Å²) in [5.41, 5.74) is 6.46. The molecule has 0 aliphatic rings. The van der Waals surface area contributed by atoms with Gasteiger partial charge < -0.3 is 5.73 Å². The Bertz CT molecular complexity index is 218. The number of aryl methyl sites for hydroxylation is 1. The van der Waals surface area contributed by atoms with Gasteiger partial charge in [0.15, 0.2) is 0 Å². The summed E-state index contributed by atoms with van der Waals surface area (Å²) in [7, 11) is 0. The first kappa shape index (κ1) is 8.20. The second kappa shape index (κ2) is 3.48. The van der Waals surface area contributed by atoms with Crippen molar-refractivity contribution in [3.63, 3.8) is 0 Å². The molecule has 0 saturated carbocycles. The lowest BCUT2D eigenvalue weighted by Gasteiger charge is -2.00. The Balaban J connectivity index is 2.71. The Morgan fingerprint density at radius 1 is 1.73 bits per heavy atom. The Kier molecular flexibility index (Phi) is 2.59. The van der Waals surface area contributed by atoms with E-state index in [1.165, 1.54) is 0 Å². The monoisotopic (exact) mass is 154 g/mol. The topological polar surface area (TPSA) is 56.7 Å². The fourth-order valence-electron chi connectivity index (χ4n) is 0.814. The van der Waals surface area contributed by atoms with Crippen LogP contribution < -0.4 is 5.73 Å². The molecule has 62 valence electrons. The summed E-state index contributed by atoms with van der Waals surface area (Å²) >= 11 is 0. The average Bonchev–Trinajstić information content (AvgIpc) is 2.50. The number of rotatable bonds is 3. The number of hydrogen-bond acceptors (Lipinski definition) is 3. The van der Waals surface area contributed by atoms with Crippen molar-refractivity contribution < 1.29 is 0 Å². The maximum absolute atomic E-state index is 5.48. The third kappa shape index (κ3) is 1.77. The van der Waals surface area contributed by atoms with Gasteiger partial charge in [-0.25, -0.2) is 0 Å². The van der Waals surface area contributed by atoms with E-state index in [2.05, 4.69) is 10.3 Å². The van der Waals surface area contributed by atoms with E-state index in [4.69, 9.17) is 5.73 Å². The fourth-order valence-corrected chi connectivity index (χ4v) is 0.814. The van der Waals surface area contributed by atoms with E-state index >= 15 is 0 Å². The van der Waals surface area contributed by atoms with Crippen LogP contribution in [0.5, 0.6) is 0 Å². The standard InChI is InChI=1S/C7H14N4/c1-3-11-5-7(9-10-11)6(2)4-8/h5-6H,3-4,8H2,1-2H3. The van der Waals surface area contributed by atoms with Gasteiger partial charge in [0.1, 0.15) is 0 Å². The SMILES string of the molecule is CCn1cc(C(C)CN)nn1. The molecule has 1 rings (SSSR count). The number of nitrogens with two attached hydrogens (primary N) is 1. The Labute approximate surface area is 66.4 Å². The van der Waals surface area contributed by atoms with Crippen LogP contribution in [-0.4, -0.2) is 21.5 Å². The van der Waals surface area contributed by atoms with Gasteiger partial charge >= 0.3 is 0 Å². The second-order valence-corrected chi connectivity index (χ2v) is 2.64. The minimum absolute atomic E-state index is 0.315. The van der Waals surface area contributed by atoms with E-state index < -0.39 is 0 Å². The predicted octanol–water partition coefficient (Wildman–Crippen LogP) is 0.360. The molecule has 1 aromatic rings. The number of aromatic nitrogens is 3. The molecule has 2 N–H and O–H groups in total. The van der Waals surface area contributed by atoms with Crippen LogP contribution in [-0.2, 0) is 6.54 Å². The molecular weight excluding hydrogens is 140 g/mol. The van der Waals surface area contributed by atoms with Gasteiger partial charge in [-0.15, -0.1) is 5.10 Å². The summed E-state index contributed by atoms with van der Waals surface area (Å²) in [6.07, 6.45) is 1.94. The van der Waals surface area contributed by atoms with Crippen molar-refractivity contribution in [1.29, 1.82) is 0 Å². The first-order valence-corrected chi connectivity index (χ1v) is 3.88. The van der Waals surface area contributed by atoms with Crippen molar-refractivity contribution in [2.45, 2.75) is 26.3 Å². The van der Waals surface area contributed by atoms with E-state index in [1.807, 2.05) is 24.7 Å². The van der Waals surface area contributed by atoms with Crippen LogP contribution in [0.2, 0.25) is 0 Å². The Morgan fingerprint density at radius 3 is 2.91 bits per heavy atom. The van der Waals surface area contributed by atoms with Crippen LogP contribution in [0.15, 0.2) is 6.20 Å². The van der Waals surface area contributed by atoms with Gasteiger partial charge in [-0.2, -0.15) is 0 Å². The quantitative estimate of drug-likeness (QED) is 0.684. The Hall–Kier alpha value is -0.900. The fraction of sp³-hybridized carbons (Fsp3) is 0.714. The molecule has 4 nitrogen and oxygen atoms in total. The zero-order chi connectivity index (χ0) is 8.27. The van der Waals surface area contributed by atoms with Crippen LogP contribution in [0.1, 0.15) is 25.5 Å². The molecule has 1 atom stereocenters. The maximum Gasteiger partial charge on any atom is 0.0867 e. The molecule has 1 unspecified atom stereocenters. The molecule has 0 amide bonds. The summed E-state index contributed by atoms with van der Waals surface area (Å²) < 4.78 is 1.81. The lowest BCUT2D eigenvalue weighted by atomic mass is 10.1. The van der Waals surface area contributed by atoms with Crippen LogP contribution in [0.3, 0.4) is 0 Å². The molecule has 4 heteroatoms. The van der Waals surface area contributed by atoms with Crippen molar-refractivity contribution >= 4 is 0 Å². The summed E-state index contributed by atoms with van der Waals surface area (Å²) in [4.78, 5) is 0. The van der Waals surface area contributed by atoms with Crippen molar-refractivity contribution in [1.82, 2.24) is 15.0 Å². The molecule has 0 spiro atoms. The summed E-state index contributed by atoms with van der Waals surface area (Å²) in [5, 5.41) is 7.91. The summed E-state index contributed by atoms with van der Waals surface area (Å²) in [6.45, 7) is 5.57. The van der Waals surface area contributed by atoms with Crippen LogP contribution in [0.4, 0.5) is 0 Å². The van der Waals surface area contributed by atoms with Crippen molar-refractivity contribution in [2.75, 3.05) is 6.54 Å². The van der Waals surface area contributed by atoms with Gasteiger partial charge in [-0.1, -0.05) is 12.1 Å². The molecule has 1 aromatic heterocycles. The van der Waals surface area contributed by atoms with Crippen LogP contribution in [0, 0.1) is 0 Å². The first-order valence-electron chi connectivity index (χ1n) is 3.88. The van der Waals surface area contributed by atoms with E-state index in [-0.39, 0.29) is 0 Å². The third-order valence-corrected chi connectivity index (χ3v) is 1.74. The largest absolute Gasteiger partial charge is 0.330 e. The number of nitrogens with zero attached hydrogens (tertiary/aromatic N) is 3. The highest BCUT2D eigenvalue weighted by Crippen LogP contribution is 2.08. The van der Waals surface area contributed by atoms with Gasteiger partial charge in [0, 0.05) is 25.2 Å². The highest BCUT2D eigenvalue weighted by atomic mass is 15.4. The third-order valence-electron chi connectivity index (χ3n) is 1.74. The molecule has 0 saturated heterocycles. The molecule has 1 heterocycles. The van der Waals surface area contributed by atoms with Gasteiger partial charge in [-0.05, 0) is 6.92 Å². The van der Waals surface area contributed by atoms with Gasteiger partial charge in [-0.3, -0.25) is 4.68 Å². The zero-order valence-corrected chi connectivity index (χ0v) is 6.99. The Morgan fingerprint density at radius 2 is 2.45 bits per heavy atom. The van der Waals surface area contributed by atoms with Crippen LogP contribution in [0.25, 0.3) is 0 Å². The molecular formula is C7H14N4. The molecule has 0 aromatic carbocycles. The number of hydrogen-bond donors (Lipinski definition) is 1. The highest BCUT2D eigenvalue weighted by Gasteiger charge is 2.06. The van der Waals surface area contributed by atoms with Crippen LogP contribution >= 0.6 is 0 Å². The molecule has 0 radical (unpaired) electrons. The lowest BCUT2D eigenvalue weighted by molar-refractivity contribution is 0.626. The highest BCUT2D eigenvalue weighted by molar-refractivity contribution is 5.00. The molecule has 11 heavy (non-hydrogen) atoms. The molecule has 0 aliphatic carbocycles. The van der Waals surface area contributed by atoms with Gasteiger partial charge in [0.05, 0.1) is 5.69 Å². The normalized spacial score (nSPS) is 13.4. The van der Waals surface area contributed by atoms with Crippen molar-refractivity contribution in [3.05, 3.63) is 11.9 Å². The predicted molar refractivity (Wildman–Crippen MR) is 43.2 cm³/mol. The summed E-state index contributed by atoms with van der Waals surface area (Å²) in [5.74, 6) is 0.315. The minimum atomic E-state index is 0.315. The van der Waals surface area contributed by atoms with Crippen molar-refractivity contribution in [2.24, 2.45) is 5.73 Å².